The SMILES string of the molecule is CCC(C)c1ccc(N2C(=O)NC(=O)/C(=C\c3cn(CCCOc4ccccc4)c4ccccc34)C2=O)cc1. The molecular weight excluding hydrogens is 490 g/mol. The number of carbonyl (C=O) groups is 3. The zero-order valence-electron chi connectivity index (χ0n) is 22.1. The predicted octanol–water partition coefficient (Wildman–Crippen LogP) is 6.29. The summed E-state index contributed by atoms with van der Waals surface area (Å²) in [4.78, 5) is 40.0. The summed E-state index contributed by atoms with van der Waals surface area (Å²) in [6.07, 6.45) is 5.27. The van der Waals surface area contributed by atoms with Crippen LogP contribution in [0.15, 0.2) is 90.6 Å². The highest BCUT2D eigenvalue weighted by Crippen LogP contribution is 2.28. The molecule has 1 aliphatic heterocycles. The number of benzene rings is 3. The van der Waals surface area contributed by atoms with Gasteiger partial charge in [-0.2, -0.15) is 0 Å². The second-order valence-corrected chi connectivity index (χ2v) is 9.67. The van der Waals surface area contributed by atoms with Crippen molar-refractivity contribution in [1.82, 2.24) is 9.88 Å². The van der Waals surface area contributed by atoms with E-state index in [1.807, 2.05) is 72.9 Å². The second-order valence-electron chi connectivity index (χ2n) is 9.67. The van der Waals surface area contributed by atoms with Crippen LogP contribution in [0, 0.1) is 0 Å². The summed E-state index contributed by atoms with van der Waals surface area (Å²) in [5, 5.41) is 3.24. The lowest BCUT2D eigenvalue weighted by molar-refractivity contribution is -0.122. The van der Waals surface area contributed by atoms with Crippen molar-refractivity contribution in [2.24, 2.45) is 0 Å². The van der Waals surface area contributed by atoms with Crippen LogP contribution in [0.2, 0.25) is 0 Å². The first-order chi connectivity index (χ1) is 19.0. The van der Waals surface area contributed by atoms with Crippen LogP contribution in [-0.4, -0.2) is 29.0 Å². The van der Waals surface area contributed by atoms with E-state index in [9.17, 15) is 14.4 Å². The maximum atomic E-state index is 13.5. The first kappa shape index (κ1) is 26.0. The third kappa shape index (κ3) is 5.48. The van der Waals surface area contributed by atoms with E-state index in [-0.39, 0.29) is 5.57 Å². The molecule has 1 aliphatic rings. The van der Waals surface area contributed by atoms with Gasteiger partial charge in [-0.1, -0.05) is 62.4 Å². The van der Waals surface area contributed by atoms with Crippen LogP contribution in [0.3, 0.4) is 0 Å². The minimum Gasteiger partial charge on any atom is -0.494 e. The summed E-state index contributed by atoms with van der Waals surface area (Å²) in [5.41, 5.74) is 3.18. The maximum absolute atomic E-state index is 13.5. The van der Waals surface area contributed by atoms with Gasteiger partial charge in [0.05, 0.1) is 12.3 Å². The molecule has 0 saturated carbocycles. The Labute approximate surface area is 227 Å². The number of hydrogen-bond acceptors (Lipinski definition) is 4. The molecule has 3 aromatic carbocycles. The van der Waals surface area contributed by atoms with Crippen LogP contribution in [0.5, 0.6) is 5.75 Å². The molecular formula is C32H31N3O4. The molecule has 39 heavy (non-hydrogen) atoms. The number of amides is 4. The topological polar surface area (TPSA) is 80.6 Å². The first-order valence-corrected chi connectivity index (χ1v) is 13.2. The fraction of sp³-hybridized carbons (Fsp3) is 0.219. The van der Waals surface area contributed by atoms with Gasteiger partial charge < -0.3 is 9.30 Å². The lowest BCUT2D eigenvalue weighted by atomic mass is 9.98. The van der Waals surface area contributed by atoms with Gasteiger partial charge in [0.1, 0.15) is 11.3 Å². The minimum absolute atomic E-state index is 0.0871. The minimum atomic E-state index is -0.751. The van der Waals surface area contributed by atoms with Crippen LogP contribution in [0.1, 0.15) is 43.7 Å². The highest BCUT2D eigenvalue weighted by molar-refractivity contribution is 6.39. The number of rotatable bonds is 9. The zero-order valence-corrected chi connectivity index (χ0v) is 22.1. The van der Waals surface area contributed by atoms with Crippen molar-refractivity contribution in [2.45, 2.75) is 39.2 Å². The molecule has 1 unspecified atom stereocenters. The molecule has 1 saturated heterocycles. The molecule has 198 valence electrons. The first-order valence-electron chi connectivity index (χ1n) is 13.2. The standard InChI is InChI=1S/C32H31N3O4/c1-3-22(2)23-14-16-25(17-15-23)35-31(37)28(30(36)33-32(35)38)20-24-21-34(29-13-8-7-12-27(24)29)18-9-19-39-26-10-5-4-6-11-26/h4-8,10-17,20-22H,3,9,18-19H2,1-2H3,(H,33,36,38)/b28-20+. The number of ether oxygens (including phenoxy) is 1. The summed E-state index contributed by atoms with van der Waals surface area (Å²) in [5.74, 6) is -0.154. The number of urea groups is 1. The summed E-state index contributed by atoms with van der Waals surface area (Å²) < 4.78 is 7.92. The monoisotopic (exact) mass is 521 g/mol. The van der Waals surface area contributed by atoms with E-state index >= 15 is 0 Å². The van der Waals surface area contributed by atoms with Gasteiger partial charge in [-0.3, -0.25) is 14.9 Å². The van der Waals surface area contributed by atoms with E-state index in [0.29, 0.717) is 24.8 Å². The van der Waals surface area contributed by atoms with Gasteiger partial charge in [0.2, 0.25) is 0 Å². The quantitative estimate of drug-likeness (QED) is 0.159. The predicted molar refractivity (Wildman–Crippen MR) is 153 cm³/mol. The number of anilines is 1. The molecule has 2 heterocycles. The van der Waals surface area contributed by atoms with Crippen LogP contribution in [-0.2, 0) is 16.1 Å². The molecule has 1 aromatic heterocycles. The molecule has 4 amide bonds. The summed E-state index contributed by atoms with van der Waals surface area (Å²) in [6.45, 7) is 5.49. The third-order valence-corrected chi connectivity index (χ3v) is 7.11. The lowest BCUT2D eigenvalue weighted by Gasteiger charge is -2.26. The zero-order chi connectivity index (χ0) is 27.4. The molecule has 1 atom stereocenters. The number of nitrogens with zero attached hydrogens (tertiary/aromatic N) is 2. The van der Waals surface area contributed by atoms with Gasteiger partial charge in [-0.05, 0) is 60.7 Å². The van der Waals surface area contributed by atoms with Gasteiger partial charge >= 0.3 is 6.03 Å². The van der Waals surface area contributed by atoms with E-state index < -0.39 is 17.8 Å². The van der Waals surface area contributed by atoms with E-state index in [4.69, 9.17) is 4.74 Å². The molecule has 0 radical (unpaired) electrons. The smallest absolute Gasteiger partial charge is 0.335 e. The molecule has 7 nitrogen and oxygen atoms in total. The second kappa shape index (κ2) is 11.4. The summed E-state index contributed by atoms with van der Waals surface area (Å²) >= 11 is 0. The van der Waals surface area contributed by atoms with Crippen LogP contribution < -0.4 is 15.0 Å². The Morgan fingerprint density at radius 1 is 0.923 bits per heavy atom. The molecule has 1 fully saturated rings. The van der Waals surface area contributed by atoms with Gasteiger partial charge in [0.25, 0.3) is 11.8 Å². The van der Waals surface area contributed by atoms with Crippen molar-refractivity contribution in [3.05, 3.63) is 102 Å². The van der Waals surface area contributed by atoms with Gasteiger partial charge in [-0.15, -0.1) is 0 Å². The molecule has 0 spiro atoms. The Kier molecular flexibility index (Phi) is 7.59. The Bertz CT molecular complexity index is 1540. The van der Waals surface area contributed by atoms with Crippen molar-refractivity contribution >= 4 is 40.5 Å². The Morgan fingerprint density at radius 3 is 2.38 bits per heavy atom. The highest BCUT2D eigenvalue weighted by Gasteiger charge is 2.37. The summed E-state index contributed by atoms with van der Waals surface area (Å²) in [7, 11) is 0. The number of fused-ring (bicyclic) bond motifs is 1. The number of imide groups is 2. The number of aryl methyl sites for hydroxylation is 1. The van der Waals surface area contributed by atoms with Gasteiger partial charge in [0.15, 0.2) is 0 Å². The van der Waals surface area contributed by atoms with E-state index in [2.05, 4.69) is 23.7 Å². The number of carbonyl (C=O) groups excluding carboxylic acids is 3. The van der Waals surface area contributed by atoms with Crippen molar-refractivity contribution in [3.8, 4) is 5.75 Å². The van der Waals surface area contributed by atoms with E-state index in [1.165, 1.54) is 0 Å². The van der Waals surface area contributed by atoms with Crippen LogP contribution in [0.4, 0.5) is 10.5 Å². The number of nitrogens with one attached hydrogen (secondary N) is 1. The van der Waals surface area contributed by atoms with E-state index in [0.717, 1.165) is 45.5 Å². The average Bonchev–Trinajstić information content (AvgIpc) is 3.31. The fourth-order valence-electron chi connectivity index (χ4n) is 4.75. The normalized spacial score (nSPS) is 15.6. The molecule has 7 heteroatoms. The molecule has 0 aliphatic carbocycles. The van der Waals surface area contributed by atoms with Crippen molar-refractivity contribution in [1.29, 1.82) is 0 Å². The molecule has 4 aromatic rings. The van der Waals surface area contributed by atoms with Gasteiger partial charge in [-0.25, -0.2) is 9.69 Å². The Hall–Kier alpha value is -4.65. The molecule has 1 N–H and O–H groups in total. The highest BCUT2D eigenvalue weighted by atomic mass is 16.5. The van der Waals surface area contributed by atoms with Gasteiger partial charge in [0, 0.05) is 29.2 Å². The molecule has 5 rings (SSSR count). The third-order valence-electron chi connectivity index (χ3n) is 7.11. The van der Waals surface area contributed by atoms with Crippen LogP contribution in [0.25, 0.3) is 17.0 Å². The largest absolute Gasteiger partial charge is 0.494 e. The summed E-state index contributed by atoms with van der Waals surface area (Å²) in [6, 6.07) is 24.1. The number of barbiturate groups is 1. The number of hydrogen-bond donors (Lipinski definition) is 1. The Balaban J connectivity index is 1.39. The lowest BCUT2D eigenvalue weighted by Crippen LogP contribution is -2.54. The van der Waals surface area contributed by atoms with Crippen LogP contribution >= 0.6 is 0 Å². The Morgan fingerprint density at radius 2 is 1.64 bits per heavy atom. The average molecular weight is 522 g/mol. The maximum Gasteiger partial charge on any atom is 0.335 e. The fourth-order valence-corrected chi connectivity index (χ4v) is 4.75. The number of para-hydroxylation sites is 2. The molecule has 0 bridgehead atoms. The van der Waals surface area contributed by atoms with Crippen molar-refractivity contribution < 1.29 is 19.1 Å². The number of aromatic nitrogens is 1. The van der Waals surface area contributed by atoms with E-state index in [1.54, 1.807) is 18.2 Å². The van der Waals surface area contributed by atoms with Crippen molar-refractivity contribution in [3.63, 3.8) is 0 Å². The van der Waals surface area contributed by atoms with Crippen molar-refractivity contribution in [2.75, 3.05) is 11.5 Å².